The van der Waals surface area contributed by atoms with Gasteiger partial charge in [-0.2, -0.15) is 0 Å². The zero-order chi connectivity index (χ0) is 11.3. The molecule has 86 valence electrons. The van der Waals surface area contributed by atoms with Gasteiger partial charge in [0.1, 0.15) is 0 Å². The molecule has 0 aliphatic carbocycles. The first-order valence-corrected chi connectivity index (χ1v) is 6.70. The molecule has 2 heteroatoms. The second-order valence-electron chi connectivity index (χ2n) is 4.50. The zero-order valence-corrected chi connectivity index (χ0v) is 11.2. The Morgan fingerprint density at radius 1 is 1.27 bits per heavy atom. The number of aryl methyl sites for hydroxylation is 3. The summed E-state index contributed by atoms with van der Waals surface area (Å²) in [7, 11) is 0. The summed E-state index contributed by atoms with van der Waals surface area (Å²) in [6, 6.07) is 2.96. The van der Waals surface area contributed by atoms with Gasteiger partial charge in [-0.25, -0.2) is 0 Å². The Morgan fingerprint density at radius 2 is 2.00 bits per heavy atom. The maximum Gasteiger partial charge on any atom is 0.00490 e. The van der Waals surface area contributed by atoms with Crippen LogP contribution < -0.4 is 5.32 Å². The van der Waals surface area contributed by atoms with Gasteiger partial charge in [-0.1, -0.05) is 13.8 Å². The first-order valence-electron chi connectivity index (χ1n) is 5.89. The molecule has 0 unspecified atom stereocenters. The van der Waals surface area contributed by atoms with Crippen molar-refractivity contribution in [3.8, 4) is 0 Å². The lowest BCUT2D eigenvalue weighted by Crippen LogP contribution is -2.23. The zero-order valence-electron chi connectivity index (χ0n) is 10.4. The Morgan fingerprint density at radius 3 is 2.53 bits per heavy atom. The molecule has 1 heterocycles. The standard InChI is InChI=1S/C13H23NS/c1-10(2)14-8-6-5-7-13-9-11(3)15-12(13)4/h9-10,14H,5-8H2,1-4H3. The van der Waals surface area contributed by atoms with Gasteiger partial charge in [0.2, 0.25) is 0 Å². The molecule has 0 saturated heterocycles. The van der Waals surface area contributed by atoms with Crippen LogP contribution in [-0.2, 0) is 6.42 Å². The van der Waals surface area contributed by atoms with Crippen LogP contribution >= 0.6 is 11.3 Å². The van der Waals surface area contributed by atoms with E-state index in [0.29, 0.717) is 6.04 Å². The Hall–Kier alpha value is -0.340. The van der Waals surface area contributed by atoms with Crippen molar-refractivity contribution in [3.05, 3.63) is 21.4 Å². The van der Waals surface area contributed by atoms with Crippen molar-refractivity contribution in [2.24, 2.45) is 0 Å². The first-order chi connectivity index (χ1) is 7.09. The van der Waals surface area contributed by atoms with E-state index in [9.17, 15) is 0 Å². The minimum absolute atomic E-state index is 0.620. The van der Waals surface area contributed by atoms with Crippen LogP contribution in [-0.4, -0.2) is 12.6 Å². The highest BCUT2D eigenvalue weighted by atomic mass is 32.1. The Labute approximate surface area is 97.9 Å². The van der Waals surface area contributed by atoms with Gasteiger partial charge in [-0.3, -0.25) is 0 Å². The minimum atomic E-state index is 0.620. The number of unbranched alkanes of at least 4 members (excludes halogenated alkanes) is 1. The molecule has 1 rings (SSSR count). The lowest BCUT2D eigenvalue weighted by molar-refractivity contribution is 0.557. The molecule has 1 nitrogen and oxygen atoms in total. The maximum atomic E-state index is 3.45. The summed E-state index contributed by atoms with van der Waals surface area (Å²) < 4.78 is 0. The molecule has 1 N–H and O–H groups in total. The molecule has 0 fully saturated rings. The van der Waals surface area contributed by atoms with Gasteiger partial charge in [0.15, 0.2) is 0 Å². The molecule has 1 aromatic rings. The van der Waals surface area contributed by atoms with Crippen molar-refractivity contribution in [3.63, 3.8) is 0 Å². The monoisotopic (exact) mass is 225 g/mol. The largest absolute Gasteiger partial charge is 0.315 e. The van der Waals surface area contributed by atoms with E-state index in [1.54, 1.807) is 5.56 Å². The second-order valence-corrected chi connectivity index (χ2v) is 5.96. The molecule has 0 atom stereocenters. The number of rotatable bonds is 6. The maximum absolute atomic E-state index is 3.45. The van der Waals surface area contributed by atoms with Crippen LogP contribution in [0, 0.1) is 13.8 Å². The molecule has 0 aliphatic rings. The van der Waals surface area contributed by atoms with Gasteiger partial charge in [0, 0.05) is 15.8 Å². The van der Waals surface area contributed by atoms with E-state index < -0.39 is 0 Å². The summed E-state index contributed by atoms with van der Waals surface area (Å²) >= 11 is 1.92. The molecule has 0 radical (unpaired) electrons. The Kier molecular flexibility index (Phi) is 5.34. The lowest BCUT2D eigenvalue weighted by Gasteiger charge is -2.07. The third kappa shape index (κ3) is 4.80. The van der Waals surface area contributed by atoms with Gasteiger partial charge >= 0.3 is 0 Å². The normalized spacial score (nSPS) is 11.3. The van der Waals surface area contributed by atoms with Crippen molar-refractivity contribution in [1.29, 1.82) is 0 Å². The number of hydrogen-bond donors (Lipinski definition) is 1. The average Bonchev–Trinajstić information content (AvgIpc) is 2.44. The van der Waals surface area contributed by atoms with Crippen molar-refractivity contribution < 1.29 is 0 Å². The average molecular weight is 225 g/mol. The fourth-order valence-electron chi connectivity index (χ4n) is 1.76. The molecule has 0 saturated carbocycles. The molecule has 0 amide bonds. The fourth-order valence-corrected chi connectivity index (χ4v) is 2.74. The van der Waals surface area contributed by atoms with Crippen molar-refractivity contribution >= 4 is 11.3 Å². The number of hydrogen-bond acceptors (Lipinski definition) is 2. The molecular weight excluding hydrogens is 202 g/mol. The van der Waals surface area contributed by atoms with E-state index in [2.05, 4.69) is 39.1 Å². The lowest BCUT2D eigenvalue weighted by atomic mass is 10.1. The fraction of sp³-hybridized carbons (Fsp3) is 0.692. The van der Waals surface area contributed by atoms with Gasteiger partial charge in [-0.15, -0.1) is 11.3 Å². The first kappa shape index (κ1) is 12.7. The third-order valence-corrected chi connectivity index (χ3v) is 3.58. The van der Waals surface area contributed by atoms with Crippen molar-refractivity contribution in [2.45, 2.75) is 53.0 Å². The predicted molar refractivity (Wildman–Crippen MR) is 69.9 cm³/mol. The minimum Gasteiger partial charge on any atom is -0.315 e. The Bertz CT molecular complexity index is 289. The van der Waals surface area contributed by atoms with Crippen LogP contribution in [0.5, 0.6) is 0 Å². The second kappa shape index (κ2) is 6.29. The van der Waals surface area contributed by atoms with E-state index in [-0.39, 0.29) is 0 Å². The SMILES string of the molecule is Cc1cc(CCCCNC(C)C)c(C)s1. The molecule has 0 bridgehead atoms. The number of thiophene rings is 1. The van der Waals surface area contributed by atoms with Gasteiger partial charge in [0.05, 0.1) is 0 Å². The van der Waals surface area contributed by atoms with E-state index in [1.165, 1.54) is 29.0 Å². The van der Waals surface area contributed by atoms with Crippen LogP contribution in [0.1, 0.15) is 42.0 Å². The number of nitrogens with one attached hydrogen (secondary N) is 1. The van der Waals surface area contributed by atoms with Crippen LogP contribution in [0.15, 0.2) is 6.07 Å². The summed E-state index contributed by atoms with van der Waals surface area (Å²) in [5, 5.41) is 3.45. The summed E-state index contributed by atoms with van der Waals surface area (Å²) in [6.45, 7) is 9.99. The molecule has 1 aromatic heterocycles. The highest BCUT2D eigenvalue weighted by Crippen LogP contribution is 2.21. The van der Waals surface area contributed by atoms with Gasteiger partial charge in [-0.05, 0) is 51.3 Å². The van der Waals surface area contributed by atoms with Crippen molar-refractivity contribution in [2.75, 3.05) is 6.54 Å². The van der Waals surface area contributed by atoms with Gasteiger partial charge in [0.25, 0.3) is 0 Å². The molecule has 15 heavy (non-hydrogen) atoms. The molecular formula is C13H23NS. The predicted octanol–water partition coefficient (Wildman–Crippen LogP) is 3.69. The molecule has 0 spiro atoms. The van der Waals surface area contributed by atoms with E-state index in [1.807, 2.05) is 11.3 Å². The highest BCUT2D eigenvalue weighted by molar-refractivity contribution is 7.12. The topological polar surface area (TPSA) is 12.0 Å². The summed E-state index contributed by atoms with van der Waals surface area (Å²) in [5.41, 5.74) is 1.56. The molecule has 0 aliphatic heterocycles. The summed E-state index contributed by atoms with van der Waals surface area (Å²) in [6.07, 6.45) is 3.83. The highest BCUT2D eigenvalue weighted by Gasteiger charge is 2.02. The smallest absolute Gasteiger partial charge is 0.00490 e. The van der Waals surface area contributed by atoms with Crippen LogP contribution in [0.25, 0.3) is 0 Å². The van der Waals surface area contributed by atoms with Gasteiger partial charge < -0.3 is 5.32 Å². The van der Waals surface area contributed by atoms with Crippen LogP contribution in [0.4, 0.5) is 0 Å². The summed E-state index contributed by atoms with van der Waals surface area (Å²) in [4.78, 5) is 2.95. The Balaban J connectivity index is 2.17. The van der Waals surface area contributed by atoms with Crippen LogP contribution in [0.3, 0.4) is 0 Å². The van der Waals surface area contributed by atoms with Crippen molar-refractivity contribution in [1.82, 2.24) is 5.32 Å². The quantitative estimate of drug-likeness (QED) is 0.728. The van der Waals surface area contributed by atoms with E-state index >= 15 is 0 Å². The molecule has 0 aromatic carbocycles. The van der Waals surface area contributed by atoms with Crippen LogP contribution in [0.2, 0.25) is 0 Å². The summed E-state index contributed by atoms with van der Waals surface area (Å²) in [5.74, 6) is 0. The third-order valence-electron chi connectivity index (χ3n) is 2.57. The van der Waals surface area contributed by atoms with E-state index in [0.717, 1.165) is 6.54 Å². The van der Waals surface area contributed by atoms with E-state index in [4.69, 9.17) is 0 Å².